The van der Waals surface area contributed by atoms with Crippen LogP contribution in [0.25, 0.3) is 0 Å². The van der Waals surface area contributed by atoms with Crippen LogP contribution in [0.3, 0.4) is 0 Å². The second-order valence-corrected chi connectivity index (χ2v) is 6.64. The second kappa shape index (κ2) is 7.69. The van der Waals surface area contributed by atoms with E-state index < -0.39 is 0 Å². The van der Waals surface area contributed by atoms with Crippen molar-refractivity contribution in [2.24, 2.45) is 0 Å². The van der Waals surface area contributed by atoms with E-state index in [-0.39, 0.29) is 24.5 Å². The Bertz CT molecular complexity index is 615. The number of nitrogens with one attached hydrogen (secondary N) is 1. The van der Waals surface area contributed by atoms with Gasteiger partial charge in [0, 0.05) is 13.6 Å². The van der Waals surface area contributed by atoms with E-state index in [0.717, 1.165) is 37.9 Å². The molecule has 130 valence electrons. The third kappa shape index (κ3) is 3.71. The van der Waals surface area contributed by atoms with E-state index in [9.17, 15) is 9.59 Å². The highest BCUT2D eigenvalue weighted by Gasteiger charge is 2.31. The molecule has 1 heterocycles. The van der Waals surface area contributed by atoms with E-state index in [1.54, 1.807) is 11.9 Å². The predicted molar refractivity (Wildman–Crippen MR) is 92.0 cm³/mol. The van der Waals surface area contributed by atoms with Crippen LogP contribution in [0.4, 0.5) is 0 Å². The Kier molecular flexibility index (Phi) is 5.38. The molecular formula is C19H26N2O3. The monoisotopic (exact) mass is 330 g/mol. The molecule has 1 aliphatic heterocycles. The number of likely N-dealkylation sites (tertiary alicyclic amines) is 1. The van der Waals surface area contributed by atoms with Crippen molar-refractivity contribution in [3.63, 3.8) is 0 Å². The molecule has 2 aliphatic rings. The van der Waals surface area contributed by atoms with E-state index >= 15 is 0 Å². The smallest absolute Gasteiger partial charge is 0.261 e. The van der Waals surface area contributed by atoms with E-state index in [4.69, 9.17) is 4.74 Å². The van der Waals surface area contributed by atoms with Crippen molar-refractivity contribution in [2.45, 2.75) is 51.0 Å². The number of likely N-dealkylation sites (N-methyl/N-ethyl adjacent to an activating group) is 1. The lowest BCUT2D eigenvalue weighted by atomic mass is 9.92. The number of ether oxygens (including phenoxy) is 1. The van der Waals surface area contributed by atoms with Gasteiger partial charge in [0.05, 0.1) is 0 Å². The zero-order chi connectivity index (χ0) is 16.9. The quantitative estimate of drug-likeness (QED) is 0.919. The lowest BCUT2D eigenvalue weighted by molar-refractivity contribution is -0.143. The van der Waals surface area contributed by atoms with E-state index in [0.29, 0.717) is 6.54 Å². The van der Waals surface area contributed by atoms with Crippen LogP contribution in [0.1, 0.15) is 43.2 Å². The molecule has 1 saturated heterocycles. The highest BCUT2D eigenvalue weighted by molar-refractivity contribution is 5.88. The van der Waals surface area contributed by atoms with Crippen molar-refractivity contribution >= 4 is 11.8 Å². The molecule has 0 saturated carbocycles. The molecule has 1 aromatic carbocycles. The van der Waals surface area contributed by atoms with Crippen LogP contribution in [-0.2, 0) is 22.4 Å². The summed E-state index contributed by atoms with van der Waals surface area (Å²) in [5.74, 6) is 0.551. The minimum absolute atomic E-state index is 0.00766. The van der Waals surface area contributed by atoms with Gasteiger partial charge >= 0.3 is 0 Å². The van der Waals surface area contributed by atoms with Gasteiger partial charge in [0.25, 0.3) is 5.91 Å². The number of nitrogens with zero attached hydrogens (tertiary/aromatic N) is 1. The zero-order valence-electron chi connectivity index (χ0n) is 14.3. The molecule has 0 radical (unpaired) electrons. The summed E-state index contributed by atoms with van der Waals surface area (Å²) < 4.78 is 5.73. The van der Waals surface area contributed by atoms with Gasteiger partial charge in [-0.25, -0.2) is 0 Å². The van der Waals surface area contributed by atoms with Crippen molar-refractivity contribution in [1.82, 2.24) is 10.2 Å². The maximum absolute atomic E-state index is 12.5. The van der Waals surface area contributed by atoms with Crippen molar-refractivity contribution in [1.29, 1.82) is 0 Å². The van der Waals surface area contributed by atoms with Gasteiger partial charge in [0.2, 0.25) is 5.91 Å². The Morgan fingerprint density at radius 1 is 1.17 bits per heavy atom. The fourth-order valence-corrected chi connectivity index (χ4v) is 3.70. The van der Waals surface area contributed by atoms with Gasteiger partial charge in [0.15, 0.2) is 6.61 Å². The number of carbonyl (C=O) groups is 2. The summed E-state index contributed by atoms with van der Waals surface area (Å²) in [6, 6.07) is 5.77. The Morgan fingerprint density at radius 3 is 2.75 bits per heavy atom. The minimum Gasteiger partial charge on any atom is -0.484 e. The molecule has 0 spiro atoms. The number of piperidine rings is 1. The highest BCUT2D eigenvalue weighted by Crippen LogP contribution is 2.25. The van der Waals surface area contributed by atoms with E-state index in [1.807, 2.05) is 6.07 Å². The summed E-state index contributed by atoms with van der Waals surface area (Å²) >= 11 is 0. The van der Waals surface area contributed by atoms with Gasteiger partial charge in [-0.2, -0.15) is 0 Å². The van der Waals surface area contributed by atoms with Gasteiger partial charge in [-0.05, 0) is 68.2 Å². The van der Waals surface area contributed by atoms with Crippen LogP contribution < -0.4 is 10.1 Å². The van der Waals surface area contributed by atoms with Crippen molar-refractivity contribution < 1.29 is 14.3 Å². The number of rotatable bonds is 4. The number of carbonyl (C=O) groups excluding carboxylic acids is 2. The first-order valence-corrected chi connectivity index (χ1v) is 8.94. The average molecular weight is 330 g/mol. The van der Waals surface area contributed by atoms with Crippen LogP contribution in [0.15, 0.2) is 18.2 Å². The zero-order valence-corrected chi connectivity index (χ0v) is 14.3. The number of aryl methyl sites for hydroxylation is 2. The van der Waals surface area contributed by atoms with Crippen LogP contribution >= 0.6 is 0 Å². The molecule has 5 heteroatoms. The maximum Gasteiger partial charge on any atom is 0.261 e. The largest absolute Gasteiger partial charge is 0.484 e. The van der Waals surface area contributed by atoms with Gasteiger partial charge in [-0.3, -0.25) is 9.59 Å². The molecule has 1 aromatic rings. The molecular weight excluding hydrogens is 304 g/mol. The molecule has 5 nitrogen and oxygen atoms in total. The van der Waals surface area contributed by atoms with Gasteiger partial charge in [-0.15, -0.1) is 0 Å². The first-order chi connectivity index (χ1) is 11.7. The van der Waals surface area contributed by atoms with Crippen LogP contribution in [-0.4, -0.2) is 43.0 Å². The van der Waals surface area contributed by atoms with Crippen molar-refractivity contribution in [3.05, 3.63) is 29.3 Å². The van der Waals surface area contributed by atoms with E-state index in [1.165, 1.54) is 24.0 Å². The summed E-state index contributed by atoms with van der Waals surface area (Å²) in [4.78, 5) is 26.1. The Balaban J connectivity index is 1.61. The third-order valence-corrected chi connectivity index (χ3v) is 5.05. The lowest BCUT2D eigenvalue weighted by Crippen LogP contribution is -2.52. The fraction of sp³-hybridized carbons (Fsp3) is 0.579. The number of benzene rings is 1. The maximum atomic E-state index is 12.5. The molecule has 2 amide bonds. The topological polar surface area (TPSA) is 58.6 Å². The molecule has 3 rings (SSSR count). The van der Waals surface area contributed by atoms with Crippen LogP contribution in [0.2, 0.25) is 0 Å². The Labute approximate surface area is 143 Å². The summed E-state index contributed by atoms with van der Waals surface area (Å²) in [6.07, 6.45) is 7.34. The molecule has 0 bridgehead atoms. The highest BCUT2D eigenvalue weighted by atomic mass is 16.5. The van der Waals surface area contributed by atoms with Gasteiger partial charge in [-0.1, -0.05) is 6.07 Å². The molecule has 1 unspecified atom stereocenters. The SMILES string of the molecule is CNC(=O)C1CCCCN1C(=O)COc1ccc2c(c1)CCCC2. The summed E-state index contributed by atoms with van der Waals surface area (Å²) in [7, 11) is 1.61. The average Bonchev–Trinajstić information content (AvgIpc) is 2.65. The Morgan fingerprint density at radius 2 is 1.96 bits per heavy atom. The summed E-state index contributed by atoms with van der Waals surface area (Å²) in [5, 5.41) is 2.65. The molecule has 1 N–H and O–H groups in total. The van der Waals surface area contributed by atoms with Crippen molar-refractivity contribution in [2.75, 3.05) is 20.2 Å². The van der Waals surface area contributed by atoms with E-state index in [2.05, 4.69) is 17.4 Å². The van der Waals surface area contributed by atoms with Gasteiger partial charge < -0.3 is 15.0 Å². The van der Waals surface area contributed by atoms with Gasteiger partial charge in [0.1, 0.15) is 11.8 Å². The first-order valence-electron chi connectivity index (χ1n) is 8.94. The predicted octanol–water partition coefficient (Wildman–Crippen LogP) is 2.07. The van der Waals surface area contributed by atoms with Crippen LogP contribution in [0.5, 0.6) is 5.75 Å². The Hall–Kier alpha value is -2.04. The molecule has 24 heavy (non-hydrogen) atoms. The standard InChI is InChI=1S/C19H26N2O3/c1-20-19(23)17-8-4-5-11-21(17)18(22)13-24-16-10-9-14-6-2-3-7-15(14)12-16/h9-10,12,17H,2-8,11,13H2,1H3,(H,20,23). The second-order valence-electron chi connectivity index (χ2n) is 6.64. The number of hydrogen-bond donors (Lipinski definition) is 1. The summed E-state index contributed by atoms with van der Waals surface area (Å²) in [5.41, 5.74) is 2.74. The third-order valence-electron chi connectivity index (χ3n) is 5.05. The molecule has 1 fully saturated rings. The molecule has 1 atom stereocenters. The number of hydrogen-bond acceptors (Lipinski definition) is 3. The van der Waals surface area contributed by atoms with Crippen LogP contribution in [0, 0.1) is 0 Å². The molecule has 1 aliphatic carbocycles. The fourth-order valence-electron chi connectivity index (χ4n) is 3.70. The first kappa shape index (κ1) is 16.8. The molecule has 0 aromatic heterocycles. The number of amides is 2. The lowest BCUT2D eigenvalue weighted by Gasteiger charge is -2.34. The van der Waals surface area contributed by atoms with Crippen molar-refractivity contribution in [3.8, 4) is 5.75 Å². The normalized spacial score (nSPS) is 20.2. The summed E-state index contributed by atoms with van der Waals surface area (Å²) in [6.45, 7) is 0.622. The minimum atomic E-state index is -0.358. The number of fused-ring (bicyclic) bond motifs is 1.